The van der Waals surface area contributed by atoms with Gasteiger partial charge < -0.3 is 30.3 Å². The minimum Gasteiger partial charge on any atom is -0.444 e. The summed E-state index contributed by atoms with van der Waals surface area (Å²) in [5.41, 5.74) is 18.9. The van der Waals surface area contributed by atoms with Gasteiger partial charge in [0.15, 0.2) is 0 Å². The Bertz CT molecular complexity index is 3840. The average Bonchev–Trinajstić information content (AvgIpc) is 1.40. The number of nitrogens with two attached hydrogens (primary N) is 1. The molecule has 0 saturated carbocycles. The van der Waals surface area contributed by atoms with Crippen molar-refractivity contribution in [1.82, 2.24) is 25.1 Å². The van der Waals surface area contributed by atoms with E-state index in [-0.39, 0.29) is 38.3 Å². The zero-order valence-corrected chi connectivity index (χ0v) is 52.3. The number of carbonyl (C=O) groups excluding carboxylic acids is 3. The van der Waals surface area contributed by atoms with E-state index in [9.17, 15) is 44.7 Å². The van der Waals surface area contributed by atoms with E-state index in [0.29, 0.717) is 54.8 Å². The summed E-state index contributed by atoms with van der Waals surface area (Å²) in [7, 11) is 0. The number of benzene rings is 6. The predicted octanol–water partition coefficient (Wildman–Crippen LogP) is 14.4. The molecule has 2 aromatic heterocycles. The Balaban J connectivity index is 0.000000172. The average molecular weight is 1200 g/mol. The molecule has 3 aliphatic rings. The first-order chi connectivity index (χ1) is 41.5. The van der Waals surface area contributed by atoms with Crippen LogP contribution in [-0.2, 0) is 48.4 Å². The van der Waals surface area contributed by atoms with E-state index in [1.165, 1.54) is 27.5 Å². The normalized spacial score (nSPS) is 13.0. The van der Waals surface area contributed by atoms with Crippen LogP contribution in [0.3, 0.4) is 0 Å². The first-order valence-corrected chi connectivity index (χ1v) is 28.9. The number of aldehydes is 1. The van der Waals surface area contributed by atoms with Gasteiger partial charge in [-0.2, -0.15) is 0 Å². The summed E-state index contributed by atoms with van der Waals surface area (Å²) < 4.78 is 10.7. The molecule has 3 N–H and O–H groups in total. The topological polar surface area (TPSA) is 269 Å². The highest BCUT2D eigenvalue weighted by atomic mass is 16.6. The van der Waals surface area contributed by atoms with Crippen LogP contribution in [0.15, 0.2) is 128 Å². The second-order valence-electron chi connectivity index (χ2n) is 23.8. The minimum absolute atomic E-state index is 0.171. The molecule has 0 fully saturated rings. The number of pyridine rings is 2. The Morgan fingerprint density at radius 2 is 1.00 bits per heavy atom. The number of aromatic nitrogens is 2. The summed E-state index contributed by atoms with van der Waals surface area (Å²) in [6.45, 7) is 26.1. The number of nitrogens with one attached hydrogen (secondary N) is 1. The van der Waals surface area contributed by atoms with Crippen molar-refractivity contribution in [1.29, 1.82) is 0 Å². The number of nitrogens with zero attached hydrogens (tertiary/aromatic N) is 7. The van der Waals surface area contributed by atoms with E-state index in [0.717, 1.165) is 87.8 Å². The van der Waals surface area contributed by atoms with Gasteiger partial charge in [-0.1, -0.05) is 102 Å². The van der Waals surface area contributed by atoms with Crippen LogP contribution in [0, 0.1) is 71.9 Å². The van der Waals surface area contributed by atoms with Gasteiger partial charge in [-0.25, -0.2) is 9.59 Å². The molecule has 0 unspecified atom stereocenters. The number of hydrogen-bond acceptors (Lipinski definition) is 15. The maximum Gasteiger partial charge on any atom is 0.410 e. The smallest absolute Gasteiger partial charge is 0.410 e. The highest BCUT2D eigenvalue weighted by Gasteiger charge is 2.31. The molecule has 0 aliphatic carbocycles. The highest BCUT2D eigenvalue weighted by Crippen LogP contribution is 2.33. The Kier molecular flexibility index (Phi) is 23.1. The largest absolute Gasteiger partial charge is 0.444 e. The summed E-state index contributed by atoms with van der Waals surface area (Å²) >= 11 is 0. The summed E-state index contributed by atoms with van der Waals surface area (Å²) in [5.74, 6) is 0. The van der Waals surface area contributed by atoms with Crippen LogP contribution in [0.4, 0.5) is 32.3 Å². The predicted molar refractivity (Wildman–Crippen MR) is 344 cm³/mol. The van der Waals surface area contributed by atoms with Crippen LogP contribution in [0.25, 0.3) is 21.5 Å². The number of ether oxygens (including phenoxy) is 2. The monoisotopic (exact) mass is 1200 g/mol. The lowest BCUT2D eigenvalue weighted by molar-refractivity contribution is -0.386. The molecule has 6 aromatic carbocycles. The van der Waals surface area contributed by atoms with Crippen LogP contribution < -0.4 is 11.1 Å². The lowest BCUT2D eigenvalue weighted by Crippen LogP contribution is -2.40. The third kappa shape index (κ3) is 18.7. The molecule has 0 bridgehead atoms. The number of fused-ring (bicyclic) bond motifs is 5. The molecule has 0 radical (unpaired) electrons. The molecule has 20 nitrogen and oxygen atoms in total. The molecular weight excluding hydrogens is 1120 g/mol. The molecule has 3 aliphatic heterocycles. The quantitative estimate of drug-likeness (QED) is 0.0718. The number of aryl methyl sites for hydroxylation is 6. The van der Waals surface area contributed by atoms with E-state index in [1.54, 1.807) is 61.2 Å². The van der Waals surface area contributed by atoms with Gasteiger partial charge in [-0.15, -0.1) is 0 Å². The molecule has 8 aromatic rings. The van der Waals surface area contributed by atoms with Crippen molar-refractivity contribution in [2.45, 2.75) is 133 Å². The third-order valence-corrected chi connectivity index (χ3v) is 14.5. The van der Waals surface area contributed by atoms with Crippen molar-refractivity contribution in [3.8, 4) is 0 Å². The van der Waals surface area contributed by atoms with Gasteiger partial charge in [0, 0.05) is 107 Å². The SMILES string of the molecule is Cc1ccc(C=O)cc1.Cc1ccc2c(c1N)CCN(C(=O)OC(C)(C)C)C2.Cc1ccc2c(c1[N+](=O)[O-])CCN(C(=O)OC(C)(C)C)C2.Cc1ccc2c(c1[N+](=O)[O-])CCNC2.Cc1ccc2cnccc2c1.Cc1ccc2cnccc2c1[N+](=O)[O-]. The van der Waals surface area contributed by atoms with Crippen molar-refractivity contribution in [2.24, 2.45) is 0 Å². The molecule has 0 spiro atoms. The van der Waals surface area contributed by atoms with Gasteiger partial charge >= 0.3 is 12.2 Å². The molecule has 462 valence electrons. The van der Waals surface area contributed by atoms with Crippen LogP contribution in [0.5, 0.6) is 0 Å². The Hall–Kier alpha value is -9.69. The van der Waals surface area contributed by atoms with Crippen molar-refractivity contribution < 1.29 is 38.6 Å². The highest BCUT2D eigenvalue weighted by molar-refractivity contribution is 5.91. The van der Waals surface area contributed by atoms with Gasteiger partial charge in [-0.05, 0) is 154 Å². The van der Waals surface area contributed by atoms with Gasteiger partial charge in [0.2, 0.25) is 0 Å². The maximum absolute atomic E-state index is 12.1. The van der Waals surface area contributed by atoms with E-state index in [1.807, 2.05) is 128 Å². The lowest BCUT2D eigenvalue weighted by atomic mass is 9.95. The second kappa shape index (κ2) is 30.1. The van der Waals surface area contributed by atoms with E-state index in [4.69, 9.17) is 15.2 Å². The Labute approximate surface area is 513 Å². The van der Waals surface area contributed by atoms with Crippen LogP contribution in [0.1, 0.15) is 119 Å². The van der Waals surface area contributed by atoms with Gasteiger partial charge in [-0.3, -0.25) is 45.1 Å². The van der Waals surface area contributed by atoms with Crippen molar-refractivity contribution in [2.75, 3.05) is 25.4 Å². The van der Waals surface area contributed by atoms with E-state index in [2.05, 4.69) is 46.5 Å². The fourth-order valence-corrected chi connectivity index (χ4v) is 10.1. The molecular formula is C68H79N9O11. The van der Waals surface area contributed by atoms with Gasteiger partial charge in [0.25, 0.3) is 17.1 Å². The van der Waals surface area contributed by atoms with E-state index < -0.39 is 11.2 Å². The minimum atomic E-state index is -0.545. The van der Waals surface area contributed by atoms with Crippen LogP contribution in [0.2, 0.25) is 0 Å². The summed E-state index contributed by atoms with van der Waals surface area (Å²) in [6.07, 6.45) is 9.14. The van der Waals surface area contributed by atoms with Crippen molar-refractivity contribution in [3.63, 3.8) is 0 Å². The summed E-state index contributed by atoms with van der Waals surface area (Å²) in [5, 5.41) is 40.0. The number of nitro groups is 3. The molecule has 0 atom stereocenters. The molecule has 5 heterocycles. The second-order valence-corrected chi connectivity index (χ2v) is 23.8. The van der Waals surface area contributed by atoms with Crippen molar-refractivity contribution in [3.05, 3.63) is 231 Å². The van der Waals surface area contributed by atoms with Gasteiger partial charge in [0.05, 0.1) is 20.2 Å². The van der Waals surface area contributed by atoms with E-state index >= 15 is 0 Å². The lowest BCUT2D eigenvalue weighted by Gasteiger charge is -2.32. The molecule has 88 heavy (non-hydrogen) atoms. The molecule has 2 amide bonds. The van der Waals surface area contributed by atoms with Crippen LogP contribution >= 0.6 is 0 Å². The van der Waals surface area contributed by atoms with Gasteiger partial charge in [0.1, 0.15) is 17.5 Å². The number of nitrogen functional groups attached to an aromatic ring is 1. The maximum atomic E-state index is 12.1. The number of hydrogen-bond donors (Lipinski definition) is 2. The summed E-state index contributed by atoms with van der Waals surface area (Å²) in [4.78, 5) is 77.5. The van der Waals surface area contributed by atoms with Crippen LogP contribution in [-0.4, -0.2) is 83.8 Å². The zero-order valence-electron chi connectivity index (χ0n) is 52.3. The zero-order chi connectivity index (χ0) is 64.6. The third-order valence-electron chi connectivity index (χ3n) is 14.5. The van der Waals surface area contributed by atoms with Crippen molar-refractivity contribution >= 4 is 62.8 Å². The molecule has 11 rings (SSSR count). The number of carbonyl (C=O) groups is 3. The Morgan fingerprint density at radius 3 is 1.55 bits per heavy atom. The fraction of sp³-hybridized carbons (Fsp3) is 0.338. The number of nitro benzene ring substituents is 3. The number of rotatable bonds is 4. The number of anilines is 1. The first-order valence-electron chi connectivity index (χ1n) is 28.9. The summed E-state index contributed by atoms with van der Waals surface area (Å²) in [6, 6.07) is 32.5. The first kappa shape index (κ1) is 67.4. The molecule has 0 saturated heterocycles. The fourth-order valence-electron chi connectivity index (χ4n) is 10.1. The standard InChI is InChI=1S/C15H20N2O4.C15H22N2O2.C10H12N2O2.C10H8N2O2.C10H9N.C8H8O/c1-10-5-6-11-9-16(14(18)21-15(2,3)4)8-7-12(11)13(10)17(19)20;1-10-5-6-11-9-17(8-7-12(11)13(10)16)14(18)19-15(2,3)4;2*1-7-2-3-8-6-11-5-4-9(8)10(7)12(13)14;1-8-2-3-10-7-11-5-4-9(10)6-8;1-7-2-4-8(6-9)5-3-7/h5-6H,7-9H2,1-4H3;5-6H,7-9,16H2,1-4H3;2-3,11H,4-6H2,1H3;2-6H,1H3;2-7H,1H3;2-6H,1H3. The molecule has 20 heteroatoms. The Morgan fingerprint density at radius 1 is 0.545 bits per heavy atom. The number of amides is 2.